The first kappa shape index (κ1) is 14.5. The van der Waals surface area contributed by atoms with Gasteiger partial charge in [0.05, 0.1) is 11.4 Å². The van der Waals surface area contributed by atoms with Crippen LogP contribution in [0.2, 0.25) is 0 Å². The van der Waals surface area contributed by atoms with E-state index in [4.69, 9.17) is 11.1 Å². The molecule has 0 saturated carbocycles. The second-order valence-corrected chi connectivity index (χ2v) is 4.35. The minimum Gasteiger partial charge on any atom is -0.396 e. The summed E-state index contributed by atoms with van der Waals surface area (Å²) in [5, 5.41) is 10.8. The number of carbonyl (C=O) groups is 1. The summed E-state index contributed by atoms with van der Waals surface area (Å²) in [5.74, 6) is -0.905. The van der Waals surface area contributed by atoms with Gasteiger partial charge in [0.2, 0.25) is 5.91 Å². The van der Waals surface area contributed by atoms with Gasteiger partial charge in [0.25, 0.3) is 0 Å². The van der Waals surface area contributed by atoms with Crippen LogP contribution in [0.4, 0.5) is 15.8 Å². The number of para-hydroxylation sites is 1. The van der Waals surface area contributed by atoms with E-state index in [0.29, 0.717) is 16.8 Å². The van der Waals surface area contributed by atoms with E-state index in [2.05, 4.69) is 11.9 Å². The van der Waals surface area contributed by atoms with Crippen molar-refractivity contribution in [1.29, 1.82) is 5.41 Å². The van der Waals surface area contributed by atoms with Gasteiger partial charge in [0, 0.05) is 16.8 Å². The smallest absolute Gasteiger partial charge is 0.247 e. The van der Waals surface area contributed by atoms with E-state index < -0.39 is 5.82 Å². The van der Waals surface area contributed by atoms with Crippen LogP contribution in [0.3, 0.4) is 0 Å². The molecule has 5 heteroatoms. The number of nitrogen functional groups attached to an aromatic ring is 1. The number of anilines is 2. The molecule has 0 aliphatic rings. The average Bonchev–Trinajstić information content (AvgIpc) is 2.49. The number of hydrogen-bond donors (Lipinski definition) is 3. The van der Waals surface area contributed by atoms with Crippen LogP contribution in [0.15, 0.2) is 55.1 Å². The highest BCUT2D eigenvalue weighted by molar-refractivity contribution is 6.14. The molecule has 2 rings (SSSR count). The maximum Gasteiger partial charge on any atom is 0.247 e. The number of hydrogen-bond acceptors (Lipinski definition) is 3. The number of halogens is 1. The highest BCUT2D eigenvalue weighted by Gasteiger charge is 2.12. The third kappa shape index (κ3) is 3.14. The Morgan fingerprint density at radius 1 is 1.29 bits per heavy atom. The molecular formula is C16H14FN3O. The summed E-state index contributed by atoms with van der Waals surface area (Å²) < 4.78 is 13.5. The fourth-order valence-corrected chi connectivity index (χ4v) is 1.86. The Morgan fingerprint density at radius 2 is 2.00 bits per heavy atom. The van der Waals surface area contributed by atoms with Gasteiger partial charge in [0.15, 0.2) is 0 Å². The van der Waals surface area contributed by atoms with Crippen LogP contribution in [-0.4, -0.2) is 11.6 Å². The second kappa shape index (κ2) is 6.00. The molecular weight excluding hydrogens is 269 g/mol. The minimum atomic E-state index is -0.562. The van der Waals surface area contributed by atoms with Crippen molar-refractivity contribution in [1.82, 2.24) is 0 Å². The first-order valence-electron chi connectivity index (χ1n) is 6.19. The van der Waals surface area contributed by atoms with Gasteiger partial charge in [-0.05, 0) is 24.3 Å². The maximum atomic E-state index is 13.5. The minimum absolute atomic E-state index is 0.0666. The summed E-state index contributed by atoms with van der Waals surface area (Å²) in [6, 6.07) is 11.0. The number of rotatable bonds is 4. The van der Waals surface area contributed by atoms with Crippen molar-refractivity contribution < 1.29 is 9.18 Å². The lowest BCUT2D eigenvalue weighted by molar-refractivity contribution is -0.111. The Bertz CT molecular complexity index is 725. The quantitative estimate of drug-likeness (QED) is 0.458. The fourth-order valence-electron chi connectivity index (χ4n) is 1.86. The molecule has 0 bridgehead atoms. The van der Waals surface area contributed by atoms with Gasteiger partial charge in [-0.3, -0.25) is 10.2 Å². The highest BCUT2D eigenvalue weighted by Crippen LogP contribution is 2.21. The lowest BCUT2D eigenvalue weighted by atomic mass is 10.0. The Labute approximate surface area is 121 Å². The highest BCUT2D eigenvalue weighted by atomic mass is 19.1. The van der Waals surface area contributed by atoms with Crippen LogP contribution in [0, 0.1) is 11.2 Å². The molecule has 2 aromatic carbocycles. The predicted octanol–water partition coefficient (Wildman–Crippen LogP) is 2.95. The van der Waals surface area contributed by atoms with Gasteiger partial charge in [-0.2, -0.15) is 0 Å². The Morgan fingerprint density at radius 3 is 2.71 bits per heavy atom. The predicted molar refractivity (Wildman–Crippen MR) is 82.0 cm³/mol. The van der Waals surface area contributed by atoms with E-state index in [0.717, 1.165) is 6.08 Å². The summed E-state index contributed by atoms with van der Waals surface area (Å²) in [6.45, 7) is 3.37. The van der Waals surface area contributed by atoms with Crippen molar-refractivity contribution in [3.63, 3.8) is 0 Å². The second-order valence-electron chi connectivity index (χ2n) is 4.35. The molecule has 0 unspecified atom stereocenters. The first-order valence-corrected chi connectivity index (χ1v) is 6.19. The van der Waals surface area contributed by atoms with Crippen molar-refractivity contribution in [2.75, 3.05) is 11.1 Å². The molecule has 0 atom stereocenters. The van der Waals surface area contributed by atoms with Crippen molar-refractivity contribution in [3.8, 4) is 0 Å². The van der Waals surface area contributed by atoms with Crippen LogP contribution in [0.25, 0.3) is 0 Å². The summed E-state index contributed by atoms with van der Waals surface area (Å²) in [4.78, 5) is 11.3. The molecule has 2 aromatic rings. The molecule has 0 fully saturated rings. The molecule has 0 saturated heterocycles. The van der Waals surface area contributed by atoms with Crippen molar-refractivity contribution in [3.05, 3.63) is 72.1 Å². The number of amides is 1. The Hall–Kier alpha value is -2.95. The van der Waals surface area contributed by atoms with E-state index >= 15 is 0 Å². The lowest BCUT2D eigenvalue weighted by Gasteiger charge is -2.10. The third-order valence-electron chi connectivity index (χ3n) is 2.93. The number of carbonyl (C=O) groups excluding carboxylic acids is 1. The topological polar surface area (TPSA) is 79.0 Å². The molecule has 0 spiro atoms. The third-order valence-corrected chi connectivity index (χ3v) is 2.93. The molecule has 0 aliphatic carbocycles. The van der Waals surface area contributed by atoms with Crippen molar-refractivity contribution in [2.24, 2.45) is 0 Å². The fraction of sp³-hybridized carbons (Fsp3) is 0. The first-order chi connectivity index (χ1) is 10.0. The molecule has 0 heterocycles. The van der Waals surface area contributed by atoms with Crippen LogP contribution in [0.1, 0.15) is 11.1 Å². The molecule has 4 N–H and O–H groups in total. The van der Waals surface area contributed by atoms with E-state index in [9.17, 15) is 9.18 Å². The number of benzene rings is 2. The van der Waals surface area contributed by atoms with E-state index in [-0.39, 0.29) is 17.3 Å². The van der Waals surface area contributed by atoms with Gasteiger partial charge < -0.3 is 11.1 Å². The van der Waals surface area contributed by atoms with Gasteiger partial charge in [0.1, 0.15) is 5.82 Å². The standard InChI is InChI=1S/C16H14FN3O/c1-2-14(21)20-11-6-3-5-10(9-11)15(18)12-7-4-8-13(17)16(12)19/h2-9,18H,1,19H2,(H,20,21). The SMILES string of the molecule is C=CC(=O)Nc1cccc(C(=N)c2cccc(F)c2N)c1. The lowest BCUT2D eigenvalue weighted by Crippen LogP contribution is -2.10. The summed E-state index contributed by atoms with van der Waals surface area (Å²) >= 11 is 0. The van der Waals surface area contributed by atoms with Crippen LogP contribution < -0.4 is 11.1 Å². The normalized spacial score (nSPS) is 9.95. The average molecular weight is 283 g/mol. The number of nitrogens with one attached hydrogen (secondary N) is 2. The van der Waals surface area contributed by atoms with Crippen LogP contribution >= 0.6 is 0 Å². The molecule has 1 amide bonds. The molecule has 0 aliphatic heterocycles. The van der Waals surface area contributed by atoms with Crippen molar-refractivity contribution in [2.45, 2.75) is 0 Å². The molecule has 0 radical (unpaired) electrons. The zero-order chi connectivity index (χ0) is 15.4. The van der Waals surface area contributed by atoms with Crippen LogP contribution in [-0.2, 0) is 4.79 Å². The van der Waals surface area contributed by atoms with Crippen LogP contribution in [0.5, 0.6) is 0 Å². The monoisotopic (exact) mass is 283 g/mol. The number of nitrogens with two attached hydrogens (primary N) is 1. The Balaban J connectivity index is 2.35. The van der Waals surface area contributed by atoms with Gasteiger partial charge in [-0.25, -0.2) is 4.39 Å². The van der Waals surface area contributed by atoms with E-state index in [1.165, 1.54) is 12.1 Å². The van der Waals surface area contributed by atoms with Crippen molar-refractivity contribution >= 4 is 23.0 Å². The largest absolute Gasteiger partial charge is 0.396 e. The molecule has 4 nitrogen and oxygen atoms in total. The van der Waals surface area contributed by atoms with E-state index in [1.807, 2.05) is 0 Å². The Kier molecular flexibility index (Phi) is 4.13. The summed E-state index contributed by atoms with van der Waals surface area (Å²) in [5.41, 5.74) is 7.04. The maximum absolute atomic E-state index is 13.5. The van der Waals surface area contributed by atoms with Gasteiger partial charge >= 0.3 is 0 Å². The van der Waals surface area contributed by atoms with Gasteiger partial charge in [-0.1, -0.05) is 30.8 Å². The zero-order valence-electron chi connectivity index (χ0n) is 11.2. The zero-order valence-corrected chi connectivity index (χ0v) is 11.2. The van der Waals surface area contributed by atoms with Gasteiger partial charge in [-0.15, -0.1) is 0 Å². The molecule has 106 valence electrons. The summed E-state index contributed by atoms with van der Waals surface area (Å²) in [6.07, 6.45) is 1.16. The molecule has 0 aromatic heterocycles. The van der Waals surface area contributed by atoms with E-state index in [1.54, 1.807) is 30.3 Å². The summed E-state index contributed by atoms with van der Waals surface area (Å²) in [7, 11) is 0. The molecule has 21 heavy (non-hydrogen) atoms.